The Morgan fingerprint density at radius 3 is 2.80 bits per heavy atom. The molecule has 4 heteroatoms. The molecule has 0 radical (unpaired) electrons. The SMILES string of the molecule is COc1ccc(C)cc1C(=O)NC1CCCCCC1N. The number of carbonyl (C=O) groups excluding carboxylic acids is 1. The van der Waals surface area contributed by atoms with Crippen LogP contribution in [0.4, 0.5) is 0 Å². The molecule has 1 amide bonds. The molecule has 0 saturated heterocycles. The molecule has 20 heavy (non-hydrogen) atoms. The summed E-state index contributed by atoms with van der Waals surface area (Å²) in [6.45, 7) is 1.97. The second-order valence-corrected chi connectivity index (χ2v) is 5.59. The first kappa shape index (κ1) is 14.9. The lowest BCUT2D eigenvalue weighted by Crippen LogP contribution is -2.47. The minimum absolute atomic E-state index is 0.0530. The average Bonchev–Trinajstić information content (AvgIpc) is 2.64. The van der Waals surface area contributed by atoms with Gasteiger partial charge in [0.1, 0.15) is 5.75 Å². The van der Waals surface area contributed by atoms with E-state index >= 15 is 0 Å². The molecule has 0 heterocycles. The van der Waals surface area contributed by atoms with Gasteiger partial charge >= 0.3 is 0 Å². The van der Waals surface area contributed by atoms with Gasteiger partial charge in [-0.15, -0.1) is 0 Å². The molecule has 1 saturated carbocycles. The number of rotatable bonds is 3. The van der Waals surface area contributed by atoms with Gasteiger partial charge in [-0.2, -0.15) is 0 Å². The molecule has 0 aromatic heterocycles. The highest BCUT2D eigenvalue weighted by Crippen LogP contribution is 2.21. The van der Waals surface area contributed by atoms with Crippen LogP contribution >= 0.6 is 0 Å². The fraction of sp³-hybridized carbons (Fsp3) is 0.562. The second kappa shape index (κ2) is 6.75. The molecule has 0 aliphatic heterocycles. The first-order chi connectivity index (χ1) is 9.61. The third-order valence-electron chi connectivity index (χ3n) is 3.99. The maximum absolute atomic E-state index is 12.5. The molecule has 1 aliphatic rings. The Morgan fingerprint density at radius 1 is 1.30 bits per heavy atom. The minimum Gasteiger partial charge on any atom is -0.496 e. The quantitative estimate of drug-likeness (QED) is 0.833. The third kappa shape index (κ3) is 3.51. The fourth-order valence-corrected chi connectivity index (χ4v) is 2.76. The van der Waals surface area contributed by atoms with Crippen LogP contribution in [0.1, 0.15) is 48.0 Å². The van der Waals surface area contributed by atoms with Gasteiger partial charge in [0.25, 0.3) is 5.91 Å². The zero-order valence-electron chi connectivity index (χ0n) is 12.3. The summed E-state index contributed by atoms with van der Waals surface area (Å²) in [5.74, 6) is 0.517. The van der Waals surface area contributed by atoms with Gasteiger partial charge in [-0.25, -0.2) is 0 Å². The van der Waals surface area contributed by atoms with Crippen LogP contribution in [0.25, 0.3) is 0 Å². The number of nitrogens with two attached hydrogens (primary N) is 1. The highest BCUT2D eigenvalue weighted by atomic mass is 16.5. The summed E-state index contributed by atoms with van der Waals surface area (Å²) in [6, 6.07) is 5.74. The number of hydrogen-bond donors (Lipinski definition) is 2. The molecule has 2 rings (SSSR count). The van der Waals surface area contributed by atoms with Crippen LogP contribution in [-0.4, -0.2) is 25.1 Å². The molecule has 1 aromatic rings. The van der Waals surface area contributed by atoms with Crippen LogP contribution in [-0.2, 0) is 0 Å². The minimum atomic E-state index is -0.0899. The van der Waals surface area contributed by atoms with Crippen LogP contribution in [0.5, 0.6) is 5.75 Å². The van der Waals surface area contributed by atoms with E-state index in [9.17, 15) is 4.79 Å². The van der Waals surface area contributed by atoms with E-state index in [1.54, 1.807) is 7.11 Å². The van der Waals surface area contributed by atoms with Crippen molar-refractivity contribution in [3.05, 3.63) is 29.3 Å². The second-order valence-electron chi connectivity index (χ2n) is 5.59. The van der Waals surface area contributed by atoms with Crippen LogP contribution in [0.2, 0.25) is 0 Å². The number of nitrogens with one attached hydrogen (secondary N) is 1. The molecular weight excluding hydrogens is 252 g/mol. The Bertz CT molecular complexity index is 474. The summed E-state index contributed by atoms with van der Waals surface area (Å²) in [4.78, 5) is 12.5. The zero-order chi connectivity index (χ0) is 14.5. The number of methoxy groups -OCH3 is 1. The molecule has 0 spiro atoms. The van der Waals surface area contributed by atoms with E-state index < -0.39 is 0 Å². The van der Waals surface area contributed by atoms with Gasteiger partial charge in [0.15, 0.2) is 0 Å². The summed E-state index contributed by atoms with van der Waals surface area (Å²) in [5.41, 5.74) is 7.79. The van der Waals surface area contributed by atoms with Crippen molar-refractivity contribution in [3.8, 4) is 5.75 Å². The van der Waals surface area contributed by atoms with Crippen LogP contribution in [0, 0.1) is 6.92 Å². The largest absolute Gasteiger partial charge is 0.496 e. The fourth-order valence-electron chi connectivity index (χ4n) is 2.76. The van der Waals surface area contributed by atoms with Gasteiger partial charge in [-0.05, 0) is 31.9 Å². The van der Waals surface area contributed by atoms with E-state index in [0.717, 1.165) is 31.2 Å². The first-order valence-electron chi connectivity index (χ1n) is 7.33. The van der Waals surface area contributed by atoms with Gasteiger partial charge in [0.2, 0.25) is 0 Å². The Hall–Kier alpha value is -1.55. The van der Waals surface area contributed by atoms with Crippen molar-refractivity contribution in [1.82, 2.24) is 5.32 Å². The van der Waals surface area contributed by atoms with Gasteiger partial charge in [0.05, 0.1) is 12.7 Å². The highest BCUT2D eigenvalue weighted by Gasteiger charge is 2.23. The summed E-state index contributed by atoms with van der Waals surface area (Å²) < 4.78 is 5.27. The summed E-state index contributed by atoms with van der Waals surface area (Å²) in [5, 5.41) is 3.08. The lowest BCUT2D eigenvalue weighted by Gasteiger charge is -2.23. The molecule has 1 aliphatic carbocycles. The Balaban J connectivity index is 2.12. The van der Waals surface area contributed by atoms with E-state index in [1.807, 2.05) is 25.1 Å². The molecule has 3 N–H and O–H groups in total. The van der Waals surface area contributed by atoms with Crippen molar-refractivity contribution in [2.45, 2.75) is 51.1 Å². The molecule has 1 aromatic carbocycles. The van der Waals surface area contributed by atoms with Gasteiger partial charge in [-0.1, -0.05) is 30.9 Å². The predicted octanol–water partition coefficient (Wildman–Crippen LogP) is 2.39. The third-order valence-corrected chi connectivity index (χ3v) is 3.99. The number of amides is 1. The number of aryl methyl sites for hydroxylation is 1. The maximum atomic E-state index is 12.5. The molecule has 2 unspecified atom stereocenters. The number of ether oxygens (including phenoxy) is 1. The monoisotopic (exact) mass is 276 g/mol. The van der Waals surface area contributed by atoms with Gasteiger partial charge in [-0.3, -0.25) is 4.79 Å². The average molecular weight is 276 g/mol. The summed E-state index contributed by atoms with van der Waals surface area (Å²) >= 11 is 0. The topological polar surface area (TPSA) is 64.3 Å². The van der Waals surface area contributed by atoms with Crippen molar-refractivity contribution in [2.24, 2.45) is 5.73 Å². The summed E-state index contributed by atoms with van der Waals surface area (Å²) in [7, 11) is 1.58. The number of hydrogen-bond acceptors (Lipinski definition) is 3. The standard InChI is InChI=1S/C16H24N2O2/c1-11-8-9-15(20-2)12(10-11)16(19)18-14-7-5-3-4-6-13(14)17/h8-10,13-14H,3-7,17H2,1-2H3,(H,18,19). The van der Waals surface area contributed by atoms with Crippen LogP contribution < -0.4 is 15.8 Å². The van der Waals surface area contributed by atoms with E-state index in [2.05, 4.69) is 5.32 Å². The Kier molecular flexibility index (Phi) is 5.01. The van der Waals surface area contributed by atoms with E-state index in [-0.39, 0.29) is 18.0 Å². The lowest BCUT2D eigenvalue weighted by molar-refractivity contribution is 0.0925. The van der Waals surface area contributed by atoms with Crippen molar-refractivity contribution in [1.29, 1.82) is 0 Å². The van der Waals surface area contributed by atoms with Crippen molar-refractivity contribution in [2.75, 3.05) is 7.11 Å². The van der Waals surface area contributed by atoms with Crippen LogP contribution in [0.3, 0.4) is 0 Å². The number of benzene rings is 1. The van der Waals surface area contributed by atoms with E-state index in [4.69, 9.17) is 10.5 Å². The molecule has 1 fully saturated rings. The lowest BCUT2D eigenvalue weighted by atomic mass is 10.0. The molecule has 110 valence electrons. The predicted molar refractivity (Wildman–Crippen MR) is 80.0 cm³/mol. The molecule has 4 nitrogen and oxygen atoms in total. The molecule has 2 atom stereocenters. The van der Waals surface area contributed by atoms with Crippen molar-refractivity contribution < 1.29 is 9.53 Å². The Labute approximate surface area is 120 Å². The zero-order valence-corrected chi connectivity index (χ0v) is 12.3. The van der Waals surface area contributed by atoms with Crippen molar-refractivity contribution >= 4 is 5.91 Å². The van der Waals surface area contributed by atoms with E-state index in [1.165, 1.54) is 6.42 Å². The summed E-state index contributed by atoms with van der Waals surface area (Å²) in [6.07, 6.45) is 5.43. The van der Waals surface area contributed by atoms with Crippen LogP contribution in [0.15, 0.2) is 18.2 Å². The van der Waals surface area contributed by atoms with Crippen molar-refractivity contribution in [3.63, 3.8) is 0 Å². The van der Waals surface area contributed by atoms with Gasteiger partial charge < -0.3 is 15.8 Å². The molecule has 0 bridgehead atoms. The first-order valence-corrected chi connectivity index (χ1v) is 7.33. The highest BCUT2D eigenvalue weighted by molar-refractivity contribution is 5.97. The normalized spacial score (nSPS) is 22.9. The smallest absolute Gasteiger partial charge is 0.255 e. The maximum Gasteiger partial charge on any atom is 0.255 e. The molecular formula is C16H24N2O2. The van der Waals surface area contributed by atoms with E-state index in [0.29, 0.717) is 11.3 Å². The van der Waals surface area contributed by atoms with Gasteiger partial charge in [0, 0.05) is 12.1 Å². The number of carbonyl (C=O) groups is 1. The Morgan fingerprint density at radius 2 is 2.05 bits per heavy atom.